The summed E-state index contributed by atoms with van der Waals surface area (Å²) in [7, 11) is 2.03. The fraction of sp³-hybridized carbons (Fsp3) is 0.419. The Hall–Kier alpha value is -4.01. The van der Waals surface area contributed by atoms with E-state index in [-0.39, 0.29) is 18.0 Å². The highest BCUT2D eigenvalue weighted by Gasteiger charge is 2.34. The number of hydrogen-bond acceptors (Lipinski definition) is 3. The summed E-state index contributed by atoms with van der Waals surface area (Å²) in [6.45, 7) is 14.2. The molecule has 0 spiro atoms. The number of fused-ring (bicyclic) bond motifs is 5. The smallest absolute Gasteiger partial charge is 0.216 e. The SMILES string of the molecule is [2H]c1nc(-c2cc3ccc4c5ccc(C)c(-c6cc(C([2H])(C)C)cc[n+]6C)c5oc4c3cc2[N+]#[C-])sc1C([2H])(C1CCCCC1)C1CCCCC1. The molecule has 0 unspecified atom stereocenters. The second-order valence-electron chi connectivity index (χ2n) is 14.4. The molecule has 2 aliphatic carbocycles. The fourth-order valence-corrected chi connectivity index (χ4v) is 9.58. The van der Waals surface area contributed by atoms with E-state index in [1.165, 1.54) is 24.2 Å². The van der Waals surface area contributed by atoms with Crippen molar-refractivity contribution in [2.45, 2.75) is 96.8 Å². The highest BCUT2D eigenvalue weighted by Crippen LogP contribution is 2.49. The number of thiazole rings is 1. The van der Waals surface area contributed by atoms with Crippen LogP contribution in [0.5, 0.6) is 0 Å². The molecule has 2 aliphatic rings. The molecule has 244 valence electrons. The maximum Gasteiger partial charge on any atom is 0.216 e. The fourth-order valence-electron chi connectivity index (χ4n) is 8.48. The third kappa shape index (κ3) is 5.43. The second-order valence-corrected chi connectivity index (χ2v) is 15.4. The summed E-state index contributed by atoms with van der Waals surface area (Å²) in [6.07, 6.45) is 13.6. The summed E-state index contributed by atoms with van der Waals surface area (Å²) in [5.74, 6) is -1.04. The van der Waals surface area contributed by atoms with Gasteiger partial charge in [-0.15, -0.1) is 11.3 Å². The Bertz CT molecular complexity index is 2330. The van der Waals surface area contributed by atoms with Gasteiger partial charge in [0.25, 0.3) is 0 Å². The third-order valence-corrected chi connectivity index (χ3v) is 12.1. The molecule has 0 radical (unpaired) electrons. The Morgan fingerprint density at radius 3 is 2.29 bits per heavy atom. The van der Waals surface area contributed by atoms with Crippen molar-refractivity contribution in [3.05, 3.63) is 88.3 Å². The first kappa shape index (κ1) is 27.9. The summed E-state index contributed by atoms with van der Waals surface area (Å²) in [5, 5.41) is 4.49. The molecule has 3 aromatic heterocycles. The lowest BCUT2D eigenvalue weighted by molar-refractivity contribution is -0.660. The molecule has 6 aromatic rings. The molecule has 4 nitrogen and oxygen atoms in total. The highest BCUT2D eigenvalue weighted by atomic mass is 32.1. The lowest BCUT2D eigenvalue weighted by Crippen LogP contribution is -2.31. The zero-order valence-electron chi connectivity index (χ0n) is 31.6. The molecule has 0 aliphatic heterocycles. The predicted octanol–water partition coefficient (Wildman–Crippen LogP) is 12.6. The van der Waals surface area contributed by atoms with E-state index in [1.807, 2.05) is 45.3 Å². The van der Waals surface area contributed by atoms with Gasteiger partial charge in [-0.3, -0.25) is 0 Å². The molecule has 2 fully saturated rings. The summed E-state index contributed by atoms with van der Waals surface area (Å²) in [5.41, 5.74) is 6.75. The van der Waals surface area contributed by atoms with Crippen molar-refractivity contribution in [3.63, 3.8) is 0 Å². The van der Waals surface area contributed by atoms with Crippen molar-refractivity contribution >= 4 is 49.7 Å². The minimum absolute atomic E-state index is 0.221. The third-order valence-electron chi connectivity index (χ3n) is 11.1. The number of furan rings is 1. The van der Waals surface area contributed by atoms with Crippen LogP contribution in [0.2, 0.25) is 0 Å². The molecule has 8 rings (SSSR count). The summed E-state index contributed by atoms with van der Waals surface area (Å²) in [4.78, 5) is 9.63. The van der Waals surface area contributed by atoms with E-state index in [0.29, 0.717) is 10.7 Å². The molecular weight excluding hydrogens is 607 g/mol. The van der Waals surface area contributed by atoms with Gasteiger partial charge in [-0.05, 0) is 79.0 Å². The molecule has 5 heteroatoms. The Morgan fingerprint density at radius 2 is 1.60 bits per heavy atom. The number of pyridine rings is 1. The van der Waals surface area contributed by atoms with E-state index in [9.17, 15) is 1.37 Å². The van der Waals surface area contributed by atoms with Gasteiger partial charge in [-0.2, -0.15) is 0 Å². The quantitative estimate of drug-likeness (QED) is 0.132. The molecule has 48 heavy (non-hydrogen) atoms. The van der Waals surface area contributed by atoms with E-state index < -0.39 is 11.8 Å². The number of benzene rings is 3. The number of aromatic nitrogens is 2. The number of rotatable bonds is 6. The van der Waals surface area contributed by atoms with Gasteiger partial charge in [0.2, 0.25) is 5.69 Å². The Labute approximate surface area is 292 Å². The minimum atomic E-state index is -0.800. The normalized spacial score (nSPS) is 17.9. The van der Waals surface area contributed by atoms with Crippen molar-refractivity contribution in [1.29, 1.82) is 0 Å². The summed E-state index contributed by atoms with van der Waals surface area (Å²) in [6, 6.07) is 16.5. The van der Waals surface area contributed by atoms with Gasteiger partial charge in [0.1, 0.15) is 23.2 Å². The van der Waals surface area contributed by atoms with Crippen LogP contribution in [0.3, 0.4) is 0 Å². The average Bonchev–Trinajstić information content (AvgIpc) is 3.72. The van der Waals surface area contributed by atoms with Crippen LogP contribution in [0, 0.1) is 25.3 Å². The van der Waals surface area contributed by atoms with E-state index >= 15 is 0 Å². The Morgan fingerprint density at radius 1 is 0.917 bits per heavy atom. The van der Waals surface area contributed by atoms with Gasteiger partial charge in [0, 0.05) is 53.5 Å². The van der Waals surface area contributed by atoms with Crippen molar-refractivity contribution in [3.8, 4) is 21.8 Å². The van der Waals surface area contributed by atoms with Gasteiger partial charge in [0.05, 0.1) is 13.5 Å². The number of aryl methyl sites for hydroxylation is 2. The molecule has 0 atom stereocenters. The zero-order valence-corrected chi connectivity index (χ0v) is 29.4. The van der Waals surface area contributed by atoms with Crippen LogP contribution >= 0.6 is 11.3 Å². The van der Waals surface area contributed by atoms with E-state index in [4.69, 9.17) is 18.7 Å². The van der Waals surface area contributed by atoms with Crippen LogP contribution in [0.4, 0.5) is 5.69 Å². The van der Waals surface area contributed by atoms with Gasteiger partial charge in [-0.25, -0.2) is 14.4 Å². The summed E-state index contributed by atoms with van der Waals surface area (Å²) < 4.78 is 36.9. The topological polar surface area (TPSA) is 34.3 Å². The molecule has 3 aromatic carbocycles. The summed E-state index contributed by atoms with van der Waals surface area (Å²) >= 11 is 1.49. The maximum atomic E-state index is 10.2. The van der Waals surface area contributed by atoms with Crippen molar-refractivity contribution < 1.29 is 13.1 Å². The van der Waals surface area contributed by atoms with Gasteiger partial charge in [0.15, 0.2) is 11.9 Å². The first-order valence-electron chi connectivity index (χ1n) is 19.3. The Balaban J connectivity index is 1.27. The maximum absolute atomic E-state index is 10.2. The van der Waals surface area contributed by atoms with Gasteiger partial charge in [-0.1, -0.05) is 76.6 Å². The van der Waals surface area contributed by atoms with Crippen LogP contribution in [0.1, 0.15) is 110 Å². The van der Waals surface area contributed by atoms with Crippen molar-refractivity contribution in [1.82, 2.24) is 4.98 Å². The van der Waals surface area contributed by atoms with Crippen LogP contribution in [-0.2, 0) is 7.05 Å². The van der Waals surface area contributed by atoms with Crippen LogP contribution in [-0.4, -0.2) is 4.98 Å². The zero-order chi connectivity index (χ0) is 35.7. The molecule has 0 saturated heterocycles. The van der Waals surface area contributed by atoms with Crippen LogP contribution < -0.4 is 4.57 Å². The first-order valence-corrected chi connectivity index (χ1v) is 18.6. The van der Waals surface area contributed by atoms with Crippen LogP contribution in [0.15, 0.2) is 65.3 Å². The van der Waals surface area contributed by atoms with E-state index in [2.05, 4.69) is 46.7 Å². The molecular formula is C43H46N3OS+. The van der Waals surface area contributed by atoms with Gasteiger partial charge < -0.3 is 4.42 Å². The number of nitrogens with zero attached hydrogens (tertiary/aromatic N) is 3. The molecule has 2 saturated carbocycles. The average molecular weight is 656 g/mol. The standard InChI is InChI=1S/C43H46N3OS/c1-26(2)30-20-21-46(5)37(23-30)39-27(3)16-18-33-32-19-17-31-22-35(36(44-4)24-34(31)41(32)47-42(33)39)43-45-25-38(48-43)40(28-12-8-6-9-13-28)29-14-10-7-11-15-29/h16-26,28-29,40H,6-15H2,1-3,5H3/q+1/i25D,26D,40D. The first-order chi connectivity index (χ1) is 24.5. The van der Waals surface area contributed by atoms with E-state index in [1.54, 1.807) is 0 Å². The Kier molecular flexibility index (Phi) is 7.43. The predicted molar refractivity (Wildman–Crippen MR) is 200 cm³/mol. The largest absolute Gasteiger partial charge is 0.455 e. The number of hydrogen-bond donors (Lipinski definition) is 0. The van der Waals surface area contributed by atoms with Crippen LogP contribution in [0.25, 0.3) is 59.4 Å². The van der Waals surface area contributed by atoms with E-state index in [0.717, 1.165) is 117 Å². The minimum Gasteiger partial charge on any atom is -0.455 e. The highest BCUT2D eigenvalue weighted by molar-refractivity contribution is 7.15. The van der Waals surface area contributed by atoms with Crippen molar-refractivity contribution in [2.24, 2.45) is 18.9 Å². The molecule has 0 amide bonds. The monoisotopic (exact) mass is 655 g/mol. The van der Waals surface area contributed by atoms with Gasteiger partial charge >= 0.3 is 0 Å². The molecule has 0 bridgehead atoms. The molecule has 3 heterocycles. The molecule has 0 N–H and O–H groups in total. The second kappa shape index (κ2) is 12.8. The lowest BCUT2D eigenvalue weighted by Gasteiger charge is -2.37. The lowest BCUT2D eigenvalue weighted by atomic mass is 9.69. The van der Waals surface area contributed by atoms with Crippen molar-refractivity contribution in [2.75, 3.05) is 0 Å².